The molecule has 0 N–H and O–H groups in total. The van der Waals surface area contributed by atoms with Crippen LogP contribution in [-0.4, -0.2) is 5.98 Å². The molecule has 0 amide bonds. The maximum absolute atomic E-state index is 2.56. The summed E-state index contributed by atoms with van der Waals surface area (Å²) in [5.41, 5.74) is 0. The van der Waals surface area contributed by atoms with E-state index >= 15 is 0 Å². The average molecular weight is 441 g/mol. The predicted octanol–water partition coefficient (Wildman–Crippen LogP) is 4.12. The minimum atomic E-state index is -1.47. The van der Waals surface area contributed by atoms with E-state index in [0.717, 1.165) is 0 Å². The van der Waals surface area contributed by atoms with E-state index in [2.05, 4.69) is 49.6 Å². The Bertz CT molecular complexity index is 313. The van der Waals surface area contributed by atoms with Crippen LogP contribution < -0.4 is 0 Å². The molecule has 0 aromatic rings. The molecule has 0 saturated heterocycles. The monoisotopic (exact) mass is 441 g/mol. The van der Waals surface area contributed by atoms with Crippen LogP contribution in [0.5, 0.6) is 0 Å². The van der Waals surface area contributed by atoms with Crippen LogP contribution in [0.15, 0.2) is 43.1 Å². The molecule has 0 radical (unpaired) electrons. The summed E-state index contributed by atoms with van der Waals surface area (Å²) in [4.78, 5) is 0. The van der Waals surface area contributed by atoms with Crippen molar-refractivity contribution < 1.29 is 20.6 Å². The third-order valence-corrected chi connectivity index (χ3v) is 30.1. The van der Waals surface area contributed by atoms with Crippen molar-refractivity contribution in [2.45, 2.75) is 25.9 Å². The van der Waals surface area contributed by atoms with Gasteiger partial charge < -0.3 is 0 Å². The van der Waals surface area contributed by atoms with Crippen LogP contribution in [0.1, 0.15) is 12.8 Å². The fourth-order valence-corrected chi connectivity index (χ4v) is 29.1. The second-order valence-electron chi connectivity index (χ2n) is 4.22. The smallest absolute Gasteiger partial charge is 0.147 e. The fourth-order valence-electron chi connectivity index (χ4n) is 2.24. The Morgan fingerprint density at radius 1 is 0.938 bits per heavy atom. The first kappa shape index (κ1) is 16.6. The van der Waals surface area contributed by atoms with E-state index in [-0.39, 0.29) is 24.8 Å². The molecular formula is C12H19Cl2HfSi. The van der Waals surface area contributed by atoms with Gasteiger partial charge in [0.25, 0.3) is 0 Å². The normalized spacial score (nSPS) is 16.7. The van der Waals surface area contributed by atoms with E-state index in [1.54, 1.807) is 0 Å². The average Bonchev–Trinajstić information content (AvgIpc) is 2.75. The fraction of sp³-hybridized carbons (Fsp3) is 0.333. The molecule has 4 heteroatoms. The van der Waals surface area contributed by atoms with Crippen LogP contribution >= 0.6 is 24.8 Å². The Morgan fingerprint density at radius 2 is 1.38 bits per heavy atom. The molecule has 0 nitrogen and oxygen atoms in total. The Hall–Kier alpha value is 0.627. The minimum Gasteiger partial charge on any atom is -0.147 e. The van der Waals surface area contributed by atoms with E-state index in [0.29, 0.717) is 0 Å². The van der Waals surface area contributed by atoms with Gasteiger partial charge in [0.15, 0.2) is 0 Å². The van der Waals surface area contributed by atoms with Gasteiger partial charge in [0.2, 0.25) is 0 Å². The molecule has 0 spiro atoms. The van der Waals surface area contributed by atoms with Crippen LogP contribution in [-0.2, 0) is 20.6 Å². The summed E-state index contributed by atoms with van der Waals surface area (Å²) in [7, 11) is 0. The molecule has 89 valence electrons. The molecule has 0 unspecified atom stereocenters. The SMILES string of the molecule is C[SiH](C)[Hf]([C]1=CC=CC1)[C]1=CC=CC1.Cl.Cl. The molecule has 2 aliphatic carbocycles. The van der Waals surface area contributed by atoms with Crippen LogP contribution in [0.4, 0.5) is 0 Å². The molecule has 0 atom stereocenters. The second kappa shape index (κ2) is 7.86. The van der Waals surface area contributed by atoms with Gasteiger partial charge in [0.05, 0.1) is 0 Å². The van der Waals surface area contributed by atoms with E-state index in [1.807, 2.05) is 6.66 Å². The van der Waals surface area contributed by atoms with Gasteiger partial charge in [0.1, 0.15) is 0 Å². The van der Waals surface area contributed by atoms with Gasteiger partial charge in [-0.15, -0.1) is 24.8 Å². The quantitative estimate of drug-likeness (QED) is 0.579. The molecule has 0 fully saturated rings. The second-order valence-corrected chi connectivity index (χ2v) is 31.3. The molecule has 16 heavy (non-hydrogen) atoms. The minimum absolute atomic E-state index is 0. The molecule has 2 aliphatic rings. The van der Waals surface area contributed by atoms with Gasteiger partial charge in [-0.25, -0.2) is 0 Å². The molecule has 0 aromatic heterocycles. The number of rotatable bonds is 3. The van der Waals surface area contributed by atoms with Gasteiger partial charge in [-0.3, -0.25) is 0 Å². The van der Waals surface area contributed by atoms with Gasteiger partial charge in [-0.1, -0.05) is 0 Å². The predicted molar refractivity (Wildman–Crippen MR) is 77.1 cm³/mol. The third-order valence-electron chi connectivity index (χ3n) is 2.81. The summed E-state index contributed by atoms with van der Waals surface area (Å²) >= 11 is -1.47. The Morgan fingerprint density at radius 3 is 1.62 bits per heavy atom. The van der Waals surface area contributed by atoms with Crippen LogP contribution in [0.3, 0.4) is 0 Å². The van der Waals surface area contributed by atoms with Crippen molar-refractivity contribution in [2.24, 2.45) is 0 Å². The first-order valence-electron chi connectivity index (χ1n) is 5.38. The third kappa shape index (κ3) is 3.83. The maximum Gasteiger partial charge on any atom is -0.147 e. The van der Waals surface area contributed by atoms with Crippen LogP contribution in [0.2, 0.25) is 13.1 Å². The summed E-state index contributed by atoms with van der Waals surface area (Å²) < 4.78 is 3.73. The Balaban J connectivity index is 0.00000112. The number of hydrogen-bond acceptors (Lipinski definition) is 0. The first-order chi connectivity index (χ1) is 6.79. The zero-order valence-corrected chi connectivity index (χ0v) is 16.2. The Kier molecular flexibility index (Phi) is 8.17. The van der Waals surface area contributed by atoms with Crippen molar-refractivity contribution >= 4 is 30.8 Å². The molecule has 0 heterocycles. The summed E-state index contributed by atoms with van der Waals surface area (Å²) in [6.45, 7) is 5.11. The summed E-state index contributed by atoms with van der Waals surface area (Å²) in [5.74, 6) is -0.395. The first-order valence-corrected chi connectivity index (χ1v) is 18.1. The van der Waals surface area contributed by atoms with Gasteiger partial charge in [-0.05, 0) is 0 Å². The summed E-state index contributed by atoms with van der Waals surface area (Å²) in [6, 6.07) is 0. The molecule has 2 rings (SSSR count). The molecule has 0 aromatic carbocycles. The maximum atomic E-state index is 2.56. The number of allylic oxidation sites excluding steroid dienone is 8. The van der Waals surface area contributed by atoms with Crippen LogP contribution in [0.25, 0.3) is 0 Å². The molecular weight excluding hydrogens is 422 g/mol. The largest absolute Gasteiger partial charge is 0.147 e. The van der Waals surface area contributed by atoms with Gasteiger partial charge in [0, 0.05) is 0 Å². The van der Waals surface area contributed by atoms with E-state index in [1.165, 1.54) is 12.8 Å². The van der Waals surface area contributed by atoms with Crippen molar-refractivity contribution in [1.29, 1.82) is 0 Å². The van der Waals surface area contributed by atoms with Gasteiger partial charge in [-0.2, -0.15) is 0 Å². The van der Waals surface area contributed by atoms with E-state index in [9.17, 15) is 0 Å². The van der Waals surface area contributed by atoms with E-state index < -0.39 is 26.6 Å². The van der Waals surface area contributed by atoms with Crippen molar-refractivity contribution in [2.75, 3.05) is 0 Å². The summed E-state index contributed by atoms with van der Waals surface area (Å²) in [5, 5.41) is 0. The van der Waals surface area contributed by atoms with Crippen molar-refractivity contribution in [3.8, 4) is 0 Å². The molecule has 0 bridgehead atoms. The van der Waals surface area contributed by atoms with Crippen LogP contribution in [0, 0.1) is 0 Å². The Labute approximate surface area is 120 Å². The van der Waals surface area contributed by atoms with E-state index in [4.69, 9.17) is 0 Å². The number of hydrogen-bond donors (Lipinski definition) is 0. The zero-order chi connectivity index (χ0) is 9.97. The van der Waals surface area contributed by atoms with Crippen molar-refractivity contribution in [3.63, 3.8) is 0 Å². The van der Waals surface area contributed by atoms with Crippen molar-refractivity contribution in [3.05, 3.63) is 43.1 Å². The zero-order valence-electron chi connectivity index (χ0n) is 9.77. The van der Waals surface area contributed by atoms with Crippen molar-refractivity contribution in [1.82, 2.24) is 0 Å². The summed E-state index contributed by atoms with van der Waals surface area (Å²) in [6.07, 6.45) is 16.6. The number of halogens is 2. The van der Waals surface area contributed by atoms with Gasteiger partial charge >= 0.3 is 95.6 Å². The standard InChI is InChI=1S/2C5H5.C2H7Si.2ClH.Hf/c2*1-2-4-5-3-1;1-3-2;;;/h2*1-3H,4H2;3H,1-2H3;2*1H;. The molecule has 0 aliphatic heterocycles. The topological polar surface area (TPSA) is 0 Å². The molecule has 0 saturated carbocycles.